The lowest BCUT2D eigenvalue weighted by Gasteiger charge is -2.44. The molecule has 7 heteroatoms. The van der Waals surface area contributed by atoms with Crippen molar-refractivity contribution in [3.8, 4) is 0 Å². The van der Waals surface area contributed by atoms with Gasteiger partial charge in [-0.2, -0.15) is 5.10 Å². The lowest BCUT2D eigenvalue weighted by atomic mass is 9.81. The maximum atomic E-state index is 13.3. The normalized spacial score (nSPS) is 23.0. The fraction of sp³-hybridized carbons (Fsp3) is 0.737. The van der Waals surface area contributed by atoms with Crippen LogP contribution in [0.15, 0.2) is 12.3 Å². The summed E-state index contributed by atoms with van der Waals surface area (Å²) in [7, 11) is 1.88. The zero-order valence-electron chi connectivity index (χ0n) is 15.6. The molecular weight excluding hydrogens is 330 g/mol. The number of nitrogens with one attached hydrogen (secondary N) is 1. The number of anilines is 1. The van der Waals surface area contributed by atoms with E-state index in [9.17, 15) is 9.59 Å². The molecule has 0 spiro atoms. The van der Waals surface area contributed by atoms with Gasteiger partial charge in [-0.15, -0.1) is 0 Å². The van der Waals surface area contributed by atoms with Gasteiger partial charge in [-0.05, 0) is 38.5 Å². The van der Waals surface area contributed by atoms with Gasteiger partial charge in [0.25, 0.3) is 0 Å². The zero-order chi connectivity index (χ0) is 18.1. The number of carbonyl (C=O) groups excluding carboxylic acids is 2. The van der Waals surface area contributed by atoms with Crippen LogP contribution in [0, 0.1) is 5.92 Å². The molecule has 1 saturated carbocycles. The Morgan fingerprint density at radius 2 is 1.77 bits per heavy atom. The second kappa shape index (κ2) is 6.93. The van der Waals surface area contributed by atoms with E-state index in [0.29, 0.717) is 25.9 Å². The number of hydrogen-bond acceptors (Lipinski definition) is 4. The van der Waals surface area contributed by atoms with Gasteiger partial charge in [-0.25, -0.2) is 0 Å². The Balaban J connectivity index is 1.50. The highest BCUT2D eigenvalue weighted by molar-refractivity contribution is 5.90. The van der Waals surface area contributed by atoms with Crippen molar-refractivity contribution in [2.24, 2.45) is 13.0 Å². The molecule has 3 heterocycles. The first kappa shape index (κ1) is 17.4. The van der Waals surface area contributed by atoms with Crippen LogP contribution in [0.4, 0.5) is 5.82 Å². The molecule has 0 radical (unpaired) electrons. The minimum Gasteiger partial charge on any atom is -0.354 e. The number of aromatic nitrogens is 2. The predicted octanol–water partition coefficient (Wildman–Crippen LogP) is 1.62. The third kappa shape index (κ3) is 3.19. The largest absolute Gasteiger partial charge is 0.354 e. The number of hydrogen-bond donors (Lipinski definition) is 1. The lowest BCUT2D eigenvalue weighted by Crippen LogP contribution is -2.60. The molecule has 1 aliphatic carbocycles. The number of likely N-dealkylation sites (tertiary alicyclic amines) is 2. The number of aryl methyl sites for hydroxylation is 1. The van der Waals surface area contributed by atoms with Crippen molar-refractivity contribution in [2.45, 2.75) is 50.5 Å². The van der Waals surface area contributed by atoms with Crippen molar-refractivity contribution in [1.82, 2.24) is 19.6 Å². The fourth-order valence-electron chi connectivity index (χ4n) is 4.36. The summed E-state index contributed by atoms with van der Waals surface area (Å²) >= 11 is 0. The summed E-state index contributed by atoms with van der Waals surface area (Å²) in [6.45, 7) is 2.98. The van der Waals surface area contributed by atoms with Gasteiger partial charge < -0.3 is 15.1 Å². The quantitative estimate of drug-likeness (QED) is 0.887. The third-order valence-corrected chi connectivity index (χ3v) is 6.27. The Morgan fingerprint density at radius 3 is 2.31 bits per heavy atom. The maximum absolute atomic E-state index is 13.3. The zero-order valence-corrected chi connectivity index (χ0v) is 15.6. The number of amides is 2. The van der Waals surface area contributed by atoms with Gasteiger partial charge in [0.05, 0.1) is 0 Å². The number of piperidine rings is 1. The first-order chi connectivity index (χ1) is 12.6. The van der Waals surface area contributed by atoms with Gasteiger partial charge in [0, 0.05) is 51.4 Å². The van der Waals surface area contributed by atoms with Crippen molar-refractivity contribution in [3.63, 3.8) is 0 Å². The molecule has 0 atom stereocenters. The number of rotatable bonds is 4. The van der Waals surface area contributed by atoms with Crippen LogP contribution < -0.4 is 5.32 Å². The van der Waals surface area contributed by atoms with Crippen molar-refractivity contribution >= 4 is 17.6 Å². The Labute approximate surface area is 154 Å². The summed E-state index contributed by atoms with van der Waals surface area (Å²) in [6.07, 6.45) is 8.57. The van der Waals surface area contributed by atoms with Crippen LogP contribution in [0.1, 0.15) is 44.9 Å². The molecule has 1 N–H and O–H groups in total. The molecule has 142 valence electrons. The molecule has 7 nitrogen and oxygen atoms in total. The Hall–Kier alpha value is -2.05. The average molecular weight is 359 g/mol. The molecular formula is C19H29N5O2. The van der Waals surface area contributed by atoms with Gasteiger partial charge in [-0.1, -0.05) is 6.42 Å². The SMILES string of the molecule is Cn1ccc(NC2(C(=O)N3CCCC3)CCN(C(=O)C3CCC3)CC2)n1. The van der Waals surface area contributed by atoms with E-state index < -0.39 is 5.54 Å². The molecule has 4 rings (SSSR count). The van der Waals surface area contributed by atoms with E-state index in [4.69, 9.17) is 0 Å². The Bertz CT molecular complexity index is 667. The van der Waals surface area contributed by atoms with Gasteiger partial charge in [-0.3, -0.25) is 14.3 Å². The minimum absolute atomic E-state index is 0.177. The summed E-state index contributed by atoms with van der Waals surface area (Å²) in [5, 5.41) is 7.87. The molecule has 3 aliphatic rings. The van der Waals surface area contributed by atoms with E-state index in [1.54, 1.807) is 4.68 Å². The predicted molar refractivity (Wildman–Crippen MR) is 98.5 cm³/mol. The topological polar surface area (TPSA) is 70.5 Å². The first-order valence-electron chi connectivity index (χ1n) is 9.93. The molecule has 2 saturated heterocycles. The van der Waals surface area contributed by atoms with Crippen LogP contribution in [0.3, 0.4) is 0 Å². The number of carbonyl (C=O) groups is 2. The van der Waals surface area contributed by atoms with Crippen LogP contribution in [-0.4, -0.2) is 63.1 Å². The Morgan fingerprint density at radius 1 is 1.08 bits per heavy atom. The van der Waals surface area contributed by atoms with Gasteiger partial charge in [0.2, 0.25) is 11.8 Å². The molecule has 1 aromatic heterocycles. The molecule has 2 aliphatic heterocycles. The van der Waals surface area contributed by atoms with Crippen LogP contribution in [0.5, 0.6) is 0 Å². The highest BCUT2D eigenvalue weighted by atomic mass is 16.2. The molecule has 0 bridgehead atoms. The smallest absolute Gasteiger partial charge is 0.248 e. The van der Waals surface area contributed by atoms with Crippen LogP contribution in [0.25, 0.3) is 0 Å². The van der Waals surface area contributed by atoms with Gasteiger partial charge in [0.15, 0.2) is 0 Å². The first-order valence-corrected chi connectivity index (χ1v) is 9.93. The standard InChI is InChI=1S/C19H29N5O2/c1-22-12-7-16(21-22)20-19(18(26)24-10-2-3-11-24)8-13-23(14-9-19)17(25)15-5-4-6-15/h7,12,15H,2-6,8-11,13-14H2,1H3,(H,20,21). The molecule has 0 aromatic carbocycles. The van der Waals surface area contributed by atoms with Crippen LogP contribution in [-0.2, 0) is 16.6 Å². The van der Waals surface area contributed by atoms with Crippen molar-refractivity contribution in [2.75, 3.05) is 31.5 Å². The summed E-state index contributed by atoms with van der Waals surface area (Å²) in [5.74, 6) is 1.42. The molecule has 26 heavy (non-hydrogen) atoms. The monoisotopic (exact) mass is 359 g/mol. The van der Waals surface area contributed by atoms with Gasteiger partial charge >= 0.3 is 0 Å². The van der Waals surface area contributed by atoms with Crippen molar-refractivity contribution in [1.29, 1.82) is 0 Å². The summed E-state index contributed by atoms with van der Waals surface area (Å²) in [4.78, 5) is 29.9. The fourth-order valence-corrected chi connectivity index (χ4v) is 4.36. The van der Waals surface area contributed by atoms with Gasteiger partial charge in [0.1, 0.15) is 11.4 Å². The highest BCUT2D eigenvalue weighted by Crippen LogP contribution is 2.33. The van der Waals surface area contributed by atoms with E-state index in [-0.39, 0.29) is 17.7 Å². The Kier molecular flexibility index (Phi) is 4.63. The highest BCUT2D eigenvalue weighted by Gasteiger charge is 2.46. The summed E-state index contributed by atoms with van der Waals surface area (Å²) < 4.78 is 1.74. The summed E-state index contributed by atoms with van der Waals surface area (Å²) in [5.41, 5.74) is -0.644. The molecule has 0 unspecified atom stereocenters. The van der Waals surface area contributed by atoms with E-state index in [1.807, 2.05) is 29.1 Å². The van der Waals surface area contributed by atoms with E-state index in [2.05, 4.69) is 10.4 Å². The van der Waals surface area contributed by atoms with Crippen LogP contribution in [0.2, 0.25) is 0 Å². The summed E-state index contributed by atoms with van der Waals surface area (Å²) in [6, 6.07) is 1.91. The molecule has 3 fully saturated rings. The third-order valence-electron chi connectivity index (χ3n) is 6.27. The molecule has 1 aromatic rings. The van der Waals surface area contributed by atoms with Crippen molar-refractivity contribution < 1.29 is 9.59 Å². The van der Waals surface area contributed by atoms with Crippen molar-refractivity contribution in [3.05, 3.63) is 12.3 Å². The number of nitrogens with zero attached hydrogens (tertiary/aromatic N) is 4. The second-order valence-electron chi connectivity index (χ2n) is 8.03. The maximum Gasteiger partial charge on any atom is 0.248 e. The minimum atomic E-state index is -0.644. The average Bonchev–Trinajstić information content (AvgIpc) is 3.25. The second-order valence-corrected chi connectivity index (χ2v) is 8.03. The molecule has 2 amide bonds. The van der Waals surface area contributed by atoms with E-state index in [1.165, 1.54) is 6.42 Å². The lowest BCUT2D eigenvalue weighted by molar-refractivity contribution is -0.144. The van der Waals surface area contributed by atoms with E-state index in [0.717, 1.165) is 44.6 Å². The van der Waals surface area contributed by atoms with E-state index >= 15 is 0 Å². The van der Waals surface area contributed by atoms with Crippen LogP contribution >= 0.6 is 0 Å².